The van der Waals surface area contributed by atoms with Crippen LogP contribution in [-0.2, 0) is 33.3 Å². The van der Waals surface area contributed by atoms with Crippen molar-refractivity contribution in [2.24, 2.45) is 17.3 Å². The zero-order chi connectivity index (χ0) is 24.5. The molecule has 9 nitrogen and oxygen atoms in total. The summed E-state index contributed by atoms with van der Waals surface area (Å²) < 4.78 is 23.1. The van der Waals surface area contributed by atoms with E-state index in [-0.39, 0.29) is 6.42 Å². The zero-order valence-electron chi connectivity index (χ0n) is 20.0. The van der Waals surface area contributed by atoms with E-state index in [1.165, 1.54) is 13.8 Å². The molecule has 0 radical (unpaired) electrons. The van der Waals surface area contributed by atoms with Gasteiger partial charge in [0.15, 0.2) is 17.3 Å². The number of carbonyl (C=O) groups is 3. The van der Waals surface area contributed by atoms with Crippen LogP contribution >= 0.6 is 0 Å². The second-order valence-electron chi connectivity index (χ2n) is 10.5. The molecule has 2 saturated heterocycles. The number of rotatable bonds is 2. The summed E-state index contributed by atoms with van der Waals surface area (Å²) in [6.07, 6.45) is -1.63. The monoisotopic (exact) mass is 466 g/mol. The molecule has 4 aliphatic rings. The minimum absolute atomic E-state index is 0.136. The van der Waals surface area contributed by atoms with Crippen molar-refractivity contribution in [1.82, 2.24) is 0 Å². The number of epoxide rings is 1. The van der Waals surface area contributed by atoms with Crippen molar-refractivity contribution in [3.05, 3.63) is 11.6 Å². The number of hydrogen-bond acceptors (Lipinski definition) is 9. The van der Waals surface area contributed by atoms with Crippen molar-refractivity contribution in [2.75, 3.05) is 0 Å². The summed E-state index contributed by atoms with van der Waals surface area (Å²) in [5.41, 5.74) is -2.85. The van der Waals surface area contributed by atoms with E-state index in [1.54, 1.807) is 13.0 Å². The Kier molecular flexibility index (Phi) is 5.70. The van der Waals surface area contributed by atoms with Gasteiger partial charge in [0.05, 0.1) is 12.2 Å². The van der Waals surface area contributed by atoms with Gasteiger partial charge >= 0.3 is 17.9 Å². The summed E-state index contributed by atoms with van der Waals surface area (Å²) in [5, 5.41) is 22.9. The summed E-state index contributed by atoms with van der Waals surface area (Å²) in [7, 11) is 0. The molecule has 2 N–H and O–H groups in total. The topological polar surface area (TPSA) is 132 Å². The molecule has 33 heavy (non-hydrogen) atoms. The molecule has 0 amide bonds. The molecule has 2 aliphatic carbocycles. The van der Waals surface area contributed by atoms with Crippen molar-refractivity contribution in [1.29, 1.82) is 0 Å². The third-order valence-electron chi connectivity index (χ3n) is 8.49. The molecule has 10 atom stereocenters. The average molecular weight is 467 g/mol. The maximum absolute atomic E-state index is 12.7. The minimum Gasteiger partial charge on any atom is -0.462 e. The van der Waals surface area contributed by atoms with Crippen LogP contribution in [0, 0.1) is 17.3 Å². The lowest BCUT2D eigenvalue weighted by Crippen LogP contribution is -2.65. The molecule has 1 unspecified atom stereocenters. The number of aliphatic hydroxyl groups is 2. The average Bonchev–Trinajstić information content (AvgIpc) is 3.30. The smallest absolute Gasteiger partial charge is 0.342 e. The quantitative estimate of drug-likeness (QED) is 0.268. The third kappa shape index (κ3) is 3.34. The first kappa shape index (κ1) is 24.2. The Morgan fingerprint density at radius 1 is 1.12 bits per heavy atom. The number of fused-ring (bicyclic) bond motifs is 1. The highest BCUT2D eigenvalue weighted by molar-refractivity contribution is 5.88. The van der Waals surface area contributed by atoms with E-state index in [0.29, 0.717) is 12.8 Å². The molecule has 4 rings (SSSR count). The molecule has 184 valence electrons. The Labute approximate surface area is 193 Å². The number of carbonyl (C=O) groups excluding carboxylic acids is 3. The molecule has 1 spiro atoms. The van der Waals surface area contributed by atoms with Gasteiger partial charge in [-0.1, -0.05) is 19.4 Å². The third-order valence-corrected chi connectivity index (χ3v) is 8.49. The maximum atomic E-state index is 12.7. The first-order valence-corrected chi connectivity index (χ1v) is 11.6. The molecule has 9 heteroatoms. The van der Waals surface area contributed by atoms with E-state index < -0.39 is 76.9 Å². The summed E-state index contributed by atoms with van der Waals surface area (Å²) in [5.74, 6) is -2.78. The van der Waals surface area contributed by atoms with E-state index in [2.05, 4.69) is 0 Å². The standard InChI is InChI=1S/C24H34O9/c1-11-7-8-16(30-13(3)25)22(5)17(31-14(4)26)10-15(27)12(2)19(22)20(28)24-18(9-11)32-21(29)23(24,6)33-24/h9,12,15-20,27-28H,7-8,10H2,1-6H3/b11-9-/t12-,15-,16+,17-,18-,19+,20+,22-,23?,24-/m0/s1. The highest BCUT2D eigenvalue weighted by Crippen LogP contribution is 2.64. The second-order valence-corrected chi connectivity index (χ2v) is 10.5. The lowest BCUT2D eigenvalue weighted by molar-refractivity contribution is -0.226. The number of ether oxygens (including phenoxy) is 4. The van der Waals surface area contributed by atoms with Crippen LogP contribution < -0.4 is 0 Å². The van der Waals surface area contributed by atoms with Gasteiger partial charge in [0.1, 0.15) is 12.2 Å². The SMILES string of the molecule is CC(=O)O[C@H]1C[C@H](O)[C@H](C)[C@@H]2[C@@H](O)[C@]34OC3(C)C(=O)O[C@H]4/C=C(/C)CC[C@@H](OC(C)=O)[C@]21C. The Morgan fingerprint density at radius 3 is 2.30 bits per heavy atom. The lowest BCUT2D eigenvalue weighted by atomic mass is 9.53. The van der Waals surface area contributed by atoms with Gasteiger partial charge in [0.25, 0.3) is 0 Å². The molecule has 0 aromatic rings. The predicted octanol–water partition coefficient (Wildman–Crippen LogP) is 1.43. The fraction of sp³-hybridized carbons (Fsp3) is 0.792. The second kappa shape index (κ2) is 7.78. The minimum atomic E-state index is -1.35. The van der Waals surface area contributed by atoms with Gasteiger partial charge in [-0.2, -0.15) is 0 Å². The van der Waals surface area contributed by atoms with Crippen LogP contribution in [0.15, 0.2) is 11.6 Å². The van der Waals surface area contributed by atoms with Crippen LogP contribution in [0.5, 0.6) is 0 Å². The molecule has 1 saturated carbocycles. The lowest BCUT2D eigenvalue weighted by Gasteiger charge is -2.56. The molecule has 0 aromatic carbocycles. The highest BCUT2D eigenvalue weighted by atomic mass is 16.7. The van der Waals surface area contributed by atoms with E-state index >= 15 is 0 Å². The largest absolute Gasteiger partial charge is 0.462 e. The van der Waals surface area contributed by atoms with Crippen LogP contribution in [0.4, 0.5) is 0 Å². The Morgan fingerprint density at radius 2 is 1.73 bits per heavy atom. The molecule has 3 fully saturated rings. The Hall–Kier alpha value is -1.97. The molecule has 0 aromatic heterocycles. The highest BCUT2D eigenvalue weighted by Gasteiger charge is 2.86. The van der Waals surface area contributed by atoms with Gasteiger partial charge < -0.3 is 29.2 Å². The summed E-state index contributed by atoms with van der Waals surface area (Å²) in [4.78, 5) is 36.8. The van der Waals surface area contributed by atoms with Crippen LogP contribution in [0.25, 0.3) is 0 Å². The van der Waals surface area contributed by atoms with Gasteiger partial charge in [-0.3, -0.25) is 9.59 Å². The summed E-state index contributed by atoms with van der Waals surface area (Å²) in [6, 6.07) is 0. The maximum Gasteiger partial charge on any atom is 0.342 e. The fourth-order valence-electron chi connectivity index (χ4n) is 6.62. The molecule has 2 aliphatic heterocycles. The normalized spacial score (nSPS) is 50.5. The van der Waals surface area contributed by atoms with Gasteiger partial charge in [0.2, 0.25) is 0 Å². The van der Waals surface area contributed by atoms with E-state index in [0.717, 1.165) is 5.57 Å². The number of hydrogen-bond donors (Lipinski definition) is 2. The van der Waals surface area contributed by atoms with Crippen LogP contribution in [-0.4, -0.2) is 69.8 Å². The molecular weight excluding hydrogens is 432 g/mol. The van der Waals surface area contributed by atoms with Crippen LogP contribution in [0.2, 0.25) is 0 Å². The first-order valence-electron chi connectivity index (χ1n) is 11.6. The Balaban J connectivity index is 1.91. The van der Waals surface area contributed by atoms with Crippen molar-refractivity contribution >= 4 is 17.9 Å². The van der Waals surface area contributed by atoms with Crippen LogP contribution in [0.3, 0.4) is 0 Å². The molecule has 0 bridgehead atoms. The van der Waals surface area contributed by atoms with Gasteiger partial charge in [-0.15, -0.1) is 0 Å². The van der Waals surface area contributed by atoms with E-state index in [1.807, 2.05) is 20.8 Å². The van der Waals surface area contributed by atoms with Crippen molar-refractivity contribution in [3.63, 3.8) is 0 Å². The summed E-state index contributed by atoms with van der Waals surface area (Å²) >= 11 is 0. The van der Waals surface area contributed by atoms with Crippen molar-refractivity contribution in [3.8, 4) is 0 Å². The predicted molar refractivity (Wildman–Crippen MR) is 114 cm³/mol. The molecular formula is C24H34O9. The summed E-state index contributed by atoms with van der Waals surface area (Å²) in [6.45, 7) is 9.72. The number of allylic oxidation sites excluding steroid dienone is 1. The number of esters is 3. The fourth-order valence-corrected chi connectivity index (χ4v) is 6.62. The van der Waals surface area contributed by atoms with Gasteiger partial charge in [0, 0.05) is 31.6 Å². The van der Waals surface area contributed by atoms with E-state index in [9.17, 15) is 24.6 Å². The molecule has 2 heterocycles. The van der Waals surface area contributed by atoms with Crippen molar-refractivity contribution < 1.29 is 43.5 Å². The van der Waals surface area contributed by atoms with Gasteiger partial charge in [-0.05, 0) is 38.7 Å². The van der Waals surface area contributed by atoms with E-state index in [4.69, 9.17) is 18.9 Å². The number of aliphatic hydroxyl groups excluding tert-OH is 2. The van der Waals surface area contributed by atoms with Gasteiger partial charge in [-0.25, -0.2) is 4.79 Å². The van der Waals surface area contributed by atoms with Crippen LogP contribution in [0.1, 0.15) is 60.8 Å². The first-order chi connectivity index (χ1) is 15.3. The van der Waals surface area contributed by atoms with Crippen molar-refractivity contribution in [2.45, 2.75) is 103 Å². The Bertz CT molecular complexity index is 898. The zero-order valence-corrected chi connectivity index (χ0v) is 20.0.